The third-order valence-corrected chi connectivity index (χ3v) is 7.17. The number of pyridine rings is 1. The summed E-state index contributed by atoms with van der Waals surface area (Å²) in [5, 5.41) is 10.3. The average Bonchev–Trinajstić information content (AvgIpc) is 3.58. The van der Waals surface area contributed by atoms with E-state index >= 15 is 0 Å². The standard InChI is InChI=1S/C25H26ClFN8O2S/c1-37-17-34-11-12-38-25(34)31-22-14-18(15-35-28-5-6-29-35)13-19(30-22)16-32-7-9-33(10-8-32)24(36)20-3-2-4-21(26)23(20)27/h2-6,11-14H,7-10,15-17H2,1H3. The van der Waals surface area contributed by atoms with Crippen LogP contribution in [0.15, 0.2) is 59.3 Å². The summed E-state index contributed by atoms with van der Waals surface area (Å²) in [5.74, 6) is -0.441. The van der Waals surface area contributed by atoms with Gasteiger partial charge in [-0.2, -0.15) is 15.0 Å². The van der Waals surface area contributed by atoms with Gasteiger partial charge in [0.2, 0.25) is 0 Å². The summed E-state index contributed by atoms with van der Waals surface area (Å²) in [6.45, 7) is 3.68. The lowest BCUT2D eigenvalue weighted by Gasteiger charge is -2.34. The van der Waals surface area contributed by atoms with Crippen LogP contribution in [-0.4, -0.2) is 73.5 Å². The van der Waals surface area contributed by atoms with Gasteiger partial charge in [0.05, 0.1) is 35.2 Å². The Morgan fingerprint density at radius 2 is 1.95 bits per heavy atom. The molecule has 3 aromatic heterocycles. The number of nitrogens with zero attached hydrogens (tertiary/aromatic N) is 8. The van der Waals surface area contributed by atoms with Crippen molar-refractivity contribution in [3.05, 3.63) is 86.8 Å². The summed E-state index contributed by atoms with van der Waals surface area (Å²) in [7, 11) is 1.64. The van der Waals surface area contributed by atoms with E-state index in [1.165, 1.54) is 23.5 Å². The third kappa shape index (κ3) is 6.16. The van der Waals surface area contributed by atoms with Crippen LogP contribution < -0.4 is 4.80 Å². The number of rotatable bonds is 8. The Labute approximate surface area is 227 Å². The van der Waals surface area contributed by atoms with Gasteiger partial charge in [0.1, 0.15) is 6.73 Å². The van der Waals surface area contributed by atoms with Crippen molar-refractivity contribution >= 4 is 34.7 Å². The van der Waals surface area contributed by atoms with E-state index in [0.717, 1.165) is 16.1 Å². The van der Waals surface area contributed by atoms with Crippen molar-refractivity contribution in [1.29, 1.82) is 0 Å². The summed E-state index contributed by atoms with van der Waals surface area (Å²) >= 11 is 7.37. The predicted molar refractivity (Wildman–Crippen MR) is 140 cm³/mol. The zero-order valence-corrected chi connectivity index (χ0v) is 22.3. The maximum Gasteiger partial charge on any atom is 0.256 e. The number of benzene rings is 1. The molecule has 0 spiro atoms. The molecule has 1 amide bonds. The number of piperazine rings is 1. The molecule has 1 aromatic carbocycles. The number of hydrogen-bond acceptors (Lipinski definition) is 8. The molecule has 1 fully saturated rings. The highest BCUT2D eigenvalue weighted by atomic mass is 35.5. The first-order chi connectivity index (χ1) is 18.5. The molecule has 0 saturated carbocycles. The van der Waals surface area contributed by atoms with Gasteiger partial charge in [-0.1, -0.05) is 17.7 Å². The number of halogens is 2. The monoisotopic (exact) mass is 556 g/mol. The van der Waals surface area contributed by atoms with Gasteiger partial charge < -0.3 is 9.64 Å². The molecule has 5 rings (SSSR count). The molecule has 1 aliphatic rings. The van der Waals surface area contributed by atoms with Crippen LogP contribution in [0.3, 0.4) is 0 Å². The van der Waals surface area contributed by atoms with Gasteiger partial charge in [-0.25, -0.2) is 14.4 Å². The second-order valence-corrected chi connectivity index (χ2v) is 10.0. The van der Waals surface area contributed by atoms with Gasteiger partial charge in [0.15, 0.2) is 16.4 Å². The van der Waals surface area contributed by atoms with Gasteiger partial charge in [0.25, 0.3) is 5.91 Å². The maximum atomic E-state index is 14.4. The molecular weight excluding hydrogens is 531 g/mol. The molecule has 1 saturated heterocycles. The second kappa shape index (κ2) is 11.9. The Bertz CT molecular complexity index is 1460. The van der Waals surface area contributed by atoms with Crippen molar-refractivity contribution in [2.24, 2.45) is 4.99 Å². The molecule has 0 radical (unpaired) electrons. The topological polar surface area (TPSA) is 93.7 Å². The molecule has 198 valence electrons. The Kier molecular flexibility index (Phi) is 8.23. The fraction of sp³-hybridized carbons (Fsp3) is 0.320. The minimum absolute atomic E-state index is 0.00177. The Morgan fingerprint density at radius 3 is 2.71 bits per heavy atom. The van der Waals surface area contributed by atoms with Gasteiger partial charge in [-0.05, 0) is 29.8 Å². The highest BCUT2D eigenvalue weighted by molar-refractivity contribution is 7.07. The van der Waals surface area contributed by atoms with Crippen molar-refractivity contribution < 1.29 is 13.9 Å². The van der Waals surface area contributed by atoms with Crippen LogP contribution in [0, 0.1) is 5.82 Å². The predicted octanol–water partition coefficient (Wildman–Crippen LogP) is 3.17. The molecule has 4 aromatic rings. The summed E-state index contributed by atoms with van der Waals surface area (Å²) in [6, 6.07) is 8.45. The van der Waals surface area contributed by atoms with Gasteiger partial charge in [0, 0.05) is 51.4 Å². The second-order valence-electron chi connectivity index (χ2n) is 8.74. The average molecular weight is 557 g/mol. The highest BCUT2D eigenvalue weighted by Crippen LogP contribution is 2.21. The first-order valence-electron chi connectivity index (χ1n) is 12.0. The van der Waals surface area contributed by atoms with Crippen molar-refractivity contribution in [2.45, 2.75) is 19.8 Å². The third-order valence-electron chi connectivity index (χ3n) is 6.08. The first-order valence-corrected chi connectivity index (χ1v) is 13.2. The van der Waals surface area contributed by atoms with Crippen molar-refractivity contribution in [1.82, 2.24) is 34.3 Å². The molecule has 1 aliphatic heterocycles. The van der Waals surface area contributed by atoms with E-state index in [4.69, 9.17) is 26.3 Å². The molecule has 0 atom stereocenters. The summed E-state index contributed by atoms with van der Waals surface area (Å²) in [5.41, 5.74) is 1.83. The minimum atomic E-state index is -0.678. The maximum absolute atomic E-state index is 14.4. The Hall–Kier alpha value is -3.45. The van der Waals surface area contributed by atoms with E-state index in [1.807, 2.05) is 28.3 Å². The molecule has 0 bridgehead atoms. The summed E-state index contributed by atoms with van der Waals surface area (Å²) < 4.78 is 21.5. The molecule has 10 nitrogen and oxygen atoms in total. The number of hydrogen-bond donors (Lipinski definition) is 0. The molecule has 0 N–H and O–H groups in total. The normalized spacial score (nSPS) is 14.8. The molecule has 0 aliphatic carbocycles. The van der Waals surface area contributed by atoms with Crippen molar-refractivity contribution in [3.63, 3.8) is 0 Å². The van der Waals surface area contributed by atoms with Crippen LogP contribution in [0.2, 0.25) is 5.02 Å². The van der Waals surface area contributed by atoms with Crippen LogP contribution >= 0.6 is 22.9 Å². The fourth-order valence-electron chi connectivity index (χ4n) is 4.25. The van der Waals surface area contributed by atoms with Gasteiger partial charge in [-0.15, -0.1) is 11.3 Å². The van der Waals surface area contributed by atoms with Gasteiger partial charge in [-0.3, -0.25) is 14.3 Å². The molecular formula is C25H26ClFN8O2S. The van der Waals surface area contributed by atoms with Crippen LogP contribution in [0.5, 0.6) is 0 Å². The fourth-order valence-corrected chi connectivity index (χ4v) is 5.15. The van der Waals surface area contributed by atoms with Crippen LogP contribution in [0.1, 0.15) is 21.6 Å². The van der Waals surface area contributed by atoms with E-state index in [-0.39, 0.29) is 16.5 Å². The lowest BCUT2D eigenvalue weighted by Crippen LogP contribution is -2.48. The quantitative estimate of drug-likeness (QED) is 0.331. The lowest BCUT2D eigenvalue weighted by molar-refractivity contribution is 0.0622. The number of thiazole rings is 1. The lowest BCUT2D eigenvalue weighted by atomic mass is 10.1. The number of methoxy groups -OCH3 is 1. The number of carbonyl (C=O) groups is 1. The van der Waals surface area contributed by atoms with Crippen LogP contribution in [0.4, 0.5) is 10.2 Å². The van der Waals surface area contributed by atoms with Crippen molar-refractivity contribution in [3.8, 4) is 0 Å². The van der Waals surface area contributed by atoms with Crippen molar-refractivity contribution in [2.75, 3.05) is 33.3 Å². The summed E-state index contributed by atoms with van der Waals surface area (Å²) in [6.07, 6.45) is 5.20. The number of amides is 1. The number of aromatic nitrogens is 5. The SMILES string of the molecule is COCn1ccsc1=Nc1cc(Cn2nccn2)cc(CN2CCN(C(=O)c3cccc(Cl)c3F)CC2)n1. The van der Waals surface area contributed by atoms with E-state index in [1.54, 1.807) is 35.3 Å². The smallest absolute Gasteiger partial charge is 0.256 e. The largest absolute Gasteiger partial charge is 0.364 e. The Morgan fingerprint density at radius 1 is 1.16 bits per heavy atom. The Balaban J connectivity index is 1.32. The first kappa shape index (κ1) is 26.2. The highest BCUT2D eigenvalue weighted by Gasteiger charge is 2.25. The zero-order chi connectivity index (χ0) is 26.5. The molecule has 13 heteroatoms. The van der Waals surface area contributed by atoms with E-state index in [2.05, 4.69) is 15.1 Å². The van der Waals surface area contributed by atoms with Crippen LogP contribution in [0.25, 0.3) is 0 Å². The molecule has 38 heavy (non-hydrogen) atoms. The molecule has 4 heterocycles. The number of ether oxygens (including phenoxy) is 1. The zero-order valence-electron chi connectivity index (χ0n) is 20.7. The molecule has 0 unspecified atom stereocenters. The van der Waals surface area contributed by atoms with Gasteiger partial charge >= 0.3 is 0 Å². The van der Waals surface area contributed by atoms with E-state index in [9.17, 15) is 9.18 Å². The number of carbonyl (C=O) groups excluding carboxylic acids is 1. The van der Waals surface area contributed by atoms with E-state index < -0.39 is 5.82 Å². The van der Waals surface area contributed by atoms with Crippen LogP contribution in [-0.2, 0) is 24.6 Å². The summed E-state index contributed by atoms with van der Waals surface area (Å²) in [4.78, 5) is 28.7. The minimum Gasteiger partial charge on any atom is -0.364 e. The van der Waals surface area contributed by atoms with E-state index in [0.29, 0.717) is 51.8 Å².